The van der Waals surface area contributed by atoms with Gasteiger partial charge in [-0.05, 0) is 12.1 Å². The summed E-state index contributed by atoms with van der Waals surface area (Å²) in [6.45, 7) is 0.179. The first-order valence-electron chi connectivity index (χ1n) is 7.51. The molecule has 124 valence electrons. The van der Waals surface area contributed by atoms with Gasteiger partial charge in [-0.2, -0.15) is 0 Å². The number of aromatic hydroxyl groups is 2. The largest absolute Gasteiger partial charge is 0.508 e. The minimum atomic E-state index is -0.442. The number of carbonyl (C=O) groups is 1. The average Bonchev–Trinajstić information content (AvgIpc) is 3.24. The maximum atomic E-state index is 12.5. The van der Waals surface area contributed by atoms with Crippen LogP contribution >= 0.6 is 0 Å². The number of hydrogen-bond acceptors (Lipinski definition) is 6. The molecule has 7 heteroatoms. The minimum absolute atomic E-state index is 0.0431. The molecule has 0 bridgehead atoms. The summed E-state index contributed by atoms with van der Waals surface area (Å²) in [6, 6.07) is 6.06. The topological polar surface area (TPSA) is 101 Å². The van der Waals surface area contributed by atoms with Gasteiger partial charge in [0.05, 0.1) is 0 Å². The van der Waals surface area contributed by atoms with Crippen molar-refractivity contribution in [3.8, 4) is 28.7 Å². The number of fused-ring (bicyclic) bond motifs is 3. The van der Waals surface area contributed by atoms with Crippen molar-refractivity contribution in [1.82, 2.24) is 4.98 Å². The summed E-state index contributed by atoms with van der Waals surface area (Å²) in [5.41, 5.74) is 1.61. The SMILES string of the molecule is O=C1C(=Cc2c[nH]c3cc4c(cc23)OCO4)Oc2cc(O)cc(O)c21. The van der Waals surface area contributed by atoms with Gasteiger partial charge in [-0.25, -0.2) is 0 Å². The maximum Gasteiger partial charge on any atom is 0.235 e. The number of carbonyl (C=O) groups excluding carboxylic acids is 1. The first-order chi connectivity index (χ1) is 12.1. The molecule has 0 spiro atoms. The van der Waals surface area contributed by atoms with E-state index in [2.05, 4.69) is 4.98 Å². The third-order valence-corrected chi connectivity index (χ3v) is 4.23. The van der Waals surface area contributed by atoms with Gasteiger partial charge in [-0.1, -0.05) is 0 Å². The van der Waals surface area contributed by atoms with E-state index in [9.17, 15) is 15.0 Å². The zero-order valence-corrected chi connectivity index (χ0v) is 12.7. The van der Waals surface area contributed by atoms with E-state index < -0.39 is 5.78 Å². The van der Waals surface area contributed by atoms with Crippen molar-refractivity contribution in [3.63, 3.8) is 0 Å². The molecule has 7 nitrogen and oxygen atoms in total. The molecule has 3 N–H and O–H groups in total. The smallest absolute Gasteiger partial charge is 0.235 e. The highest BCUT2D eigenvalue weighted by Crippen LogP contribution is 2.42. The van der Waals surface area contributed by atoms with E-state index in [1.54, 1.807) is 12.3 Å². The molecule has 0 aliphatic carbocycles. The van der Waals surface area contributed by atoms with Crippen molar-refractivity contribution in [2.24, 2.45) is 0 Å². The Labute approximate surface area is 140 Å². The highest BCUT2D eigenvalue weighted by Gasteiger charge is 2.31. The fourth-order valence-corrected chi connectivity index (χ4v) is 3.07. The molecule has 0 saturated carbocycles. The van der Waals surface area contributed by atoms with Crippen LogP contribution in [0, 0.1) is 0 Å². The second-order valence-corrected chi connectivity index (χ2v) is 5.77. The van der Waals surface area contributed by atoms with Crippen molar-refractivity contribution in [2.75, 3.05) is 6.79 Å². The molecule has 2 aliphatic heterocycles. The van der Waals surface area contributed by atoms with Gasteiger partial charge < -0.3 is 29.4 Å². The number of benzene rings is 2. The van der Waals surface area contributed by atoms with Gasteiger partial charge in [0.15, 0.2) is 17.3 Å². The molecular weight excluding hydrogens is 326 g/mol. The highest BCUT2D eigenvalue weighted by molar-refractivity contribution is 6.16. The number of phenolic OH excluding ortho intramolecular Hbond substituents is 2. The summed E-state index contributed by atoms with van der Waals surface area (Å²) in [5.74, 6) is 0.560. The van der Waals surface area contributed by atoms with Crippen molar-refractivity contribution in [3.05, 3.63) is 47.3 Å². The fourth-order valence-electron chi connectivity index (χ4n) is 3.07. The van der Waals surface area contributed by atoms with E-state index in [0.717, 1.165) is 22.5 Å². The summed E-state index contributed by atoms with van der Waals surface area (Å²) in [5, 5.41) is 20.3. The lowest BCUT2D eigenvalue weighted by Crippen LogP contribution is -1.98. The van der Waals surface area contributed by atoms with Crippen LogP contribution in [0.4, 0.5) is 0 Å². The van der Waals surface area contributed by atoms with Crippen molar-refractivity contribution >= 4 is 22.8 Å². The quantitative estimate of drug-likeness (QED) is 0.590. The first kappa shape index (κ1) is 13.8. The number of nitrogens with one attached hydrogen (secondary N) is 1. The average molecular weight is 337 g/mol. The van der Waals surface area contributed by atoms with E-state index >= 15 is 0 Å². The molecule has 3 aromatic rings. The first-order valence-corrected chi connectivity index (χ1v) is 7.51. The maximum absolute atomic E-state index is 12.5. The molecular formula is C18H11NO6. The normalized spacial score (nSPS) is 16.5. The van der Waals surface area contributed by atoms with Gasteiger partial charge >= 0.3 is 0 Å². The Morgan fingerprint density at radius 1 is 1.04 bits per heavy atom. The Morgan fingerprint density at radius 3 is 2.68 bits per heavy atom. The lowest BCUT2D eigenvalue weighted by atomic mass is 10.1. The molecule has 3 heterocycles. The Kier molecular flexibility index (Phi) is 2.59. The summed E-state index contributed by atoms with van der Waals surface area (Å²) in [6.07, 6.45) is 3.32. The van der Waals surface area contributed by atoms with Crippen LogP contribution in [0.25, 0.3) is 17.0 Å². The second kappa shape index (κ2) is 4.70. The van der Waals surface area contributed by atoms with Crippen LogP contribution in [0.3, 0.4) is 0 Å². The summed E-state index contributed by atoms with van der Waals surface area (Å²) >= 11 is 0. The number of ketones is 1. The van der Waals surface area contributed by atoms with E-state index in [1.165, 1.54) is 6.07 Å². The molecule has 5 rings (SSSR count). The van der Waals surface area contributed by atoms with Gasteiger partial charge in [0.25, 0.3) is 0 Å². The lowest BCUT2D eigenvalue weighted by Gasteiger charge is -2.00. The number of phenols is 2. The number of aromatic amines is 1. The number of hydrogen-bond donors (Lipinski definition) is 3. The molecule has 1 aromatic heterocycles. The van der Waals surface area contributed by atoms with Crippen LogP contribution in [-0.2, 0) is 0 Å². The summed E-state index contributed by atoms with van der Waals surface area (Å²) in [4.78, 5) is 15.6. The van der Waals surface area contributed by atoms with Crippen LogP contribution in [0.5, 0.6) is 28.7 Å². The zero-order chi connectivity index (χ0) is 17.1. The Hall–Kier alpha value is -3.61. The predicted octanol–water partition coefficient (Wildman–Crippen LogP) is 2.92. The van der Waals surface area contributed by atoms with Crippen LogP contribution < -0.4 is 14.2 Å². The van der Waals surface area contributed by atoms with Crippen molar-refractivity contribution in [2.45, 2.75) is 0 Å². The van der Waals surface area contributed by atoms with Crippen LogP contribution in [0.1, 0.15) is 15.9 Å². The standard InChI is InChI=1S/C18H11NO6/c20-9-2-12(21)17-15(3-9)25-16(18(17)22)1-8-6-19-11-5-14-13(4-10(8)11)23-7-24-14/h1-6,19-21H,7H2. The van der Waals surface area contributed by atoms with Gasteiger partial charge in [-0.15, -0.1) is 0 Å². The number of ether oxygens (including phenoxy) is 3. The lowest BCUT2D eigenvalue weighted by molar-refractivity contribution is 0.101. The summed E-state index contributed by atoms with van der Waals surface area (Å²) in [7, 11) is 0. The molecule has 0 atom stereocenters. The number of Topliss-reactive ketones (excluding diaryl/α,β-unsaturated/α-hetero) is 1. The van der Waals surface area contributed by atoms with Gasteiger partial charge in [-0.3, -0.25) is 4.79 Å². The van der Waals surface area contributed by atoms with E-state index in [0.29, 0.717) is 11.5 Å². The molecule has 0 radical (unpaired) electrons. The van der Waals surface area contributed by atoms with E-state index in [1.807, 2.05) is 12.1 Å². The second-order valence-electron chi connectivity index (χ2n) is 5.77. The Morgan fingerprint density at radius 2 is 1.84 bits per heavy atom. The van der Waals surface area contributed by atoms with Crippen LogP contribution in [-0.4, -0.2) is 27.8 Å². The molecule has 25 heavy (non-hydrogen) atoms. The van der Waals surface area contributed by atoms with Gasteiger partial charge in [0.2, 0.25) is 12.6 Å². The van der Waals surface area contributed by atoms with Crippen LogP contribution in [0.2, 0.25) is 0 Å². The third-order valence-electron chi connectivity index (χ3n) is 4.23. The third kappa shape index (κ3) is 1.96. The van der Waals surface area contributed by atoms with Crippen molar-refractivity contribution in [1.29, 1.82) is 0 Å². The van der Waals surface area contributed by atoms with Crippen molar-refractivity contribution < 1.29 is 29.2 Å². The number of H-pyrrole nitrogens is 1. The molecule has 0 saturated heterocycles. The molecule has 2 aromatic carbocycles. The predicted molar refractivity (Wildman–Crippen MR) is 87.1 cm³/mol. The monoisotopic (exact) mass is 337 g/mol. The molecule has 2 aliphatic rings. The van der Waals surface area contributed by atoms with Gasteiger partial charge in [0, 0.05) is 40.9 Å². The van der Waals surface area contributed by atoms with Crippen LogP contribution in [0.15, 0.2) is 36.2 Å². The molecule has 0 unspecified atom stereocenters. The fraction of sp³-hybridized carbons (Fsp3) is 0.0556. The zero-order valence-electron chi connectivity index (χ0n) is 12.7. The molecule has 0 fully saturated rings. The number of rotatable bonds is 1. The van der Waals surface area contributed by atoms with Gasteiger partial charge in [0.1, 0.15) is 22.8 Å². The highest BCUT2D eigenvalue weighted by atomic mass is 16.7. The molecule has 0 amide bonds. The van der Waals surface area contributed by atoms with E-state index in [4.69, 9.17) is 14.2 Å². The number of aromatic nitrogens is 1. The number of allylic oxidation sites excluding steroid dienone is 1. The Balaban J connectivity index is 1.61. The Bertz CT molecular complexity index is 1090. The summed E-state index contributed by atoms with van der Waals surface area (Å²) < 4.78 is 16.2. The minimum Gasteiger partial charge on any atom is -0.508 e. The van der Waals surface area contributed by atoms with E-state index in [-0.39, 0.29) is 35.4 Å².